The second-order valence-corrected chi connectivity index (χ2v) is 5.38. The lowest BCUT2D eigenvalue weighted by Gasteiger charge is -2.26. The van der Waals surface area contributed by atoms with Gasteiger partial charge in [0.2, 0.25) is 0 Å². The van der Waals surface area contributed by atoms with Gasteiger partial charge in [0.25, 0.3) is 0 Å². The fourth-order valence-corrected chi connectivity index (χ4v) is 1.14. The Morgan fingerprint density at radius 1 is 0.824 bits per heavy atom. The zero-order chi connectivity index (χ0) is 28.4. The Morgan fingerprint density at radius 2 is 1.21 bits per heavy atom. The van der Waals surface area contributed by atoms with Crippen molar-refractivity contribution in [1.29, 1.82) is 0 Å². The molecule has 0 fully saturated rings. The van der Waals surface area contributed by atoms with Crippen LogP contribution in [0.3, 0.4) is 0 Å². The lowest BCUT2D eigenvalue weighted by molar-refractivity contribution is -0.383. The van der Waals surface area contributed by atoms with Crippen LogP contribution in [0.25, 0.3) is 0 Å². The van der Waals surface area contributed by atoms with Crippen LogP contribution < -0.4 is 5.32 Å². The molecule has 0 aliphatic heterocycles. The van der Waals surface area contributed by atoms with Crippen LogP contribution in [0, 0.1) is 0 Å². The van der Waals surface area contributed by atoms with Crippen LogP contribution in [-0.4, -0.2) is 81.5 Å². The number of hydrogen-bond donors (Lipinski definition) is 1. The molecule has 0 radical (unpaired) electrons. The minimum absolute atomic E-state index is 0.299. The maximum atomic E-state index is 12.9. The van der Waals surface area contributed by atoms with E-state index in [9.17, 15) is 79.6 Å². The van der Waals surface area contributed by atoms with Crippen LogP contribution in [-0.2, 0) is 14.5 Å². The van der Waals surface area contributed by atoms with E-state index in [0.29, 0.717) is 4.90 Å². The van der Waals surface area contributed by atoms with Gasteiger partial charge in [-0.3, -0.25) is 4.79 Å². The van der Waals surface area contributed by atoms with Gasteiger partial charge in [0.1, 0.15) is 6.61 Å². The summed E-state index contributed by atoms with van der Waals surface area (Å²) in [4.78, 5) is 13.3. The van der Waals surface area contributed by atoms with E-state index < -0.39 is 55.9 Å². The number of alkyl halides is 16. The molecule has 0 rings (SSSR count). The molecular weight excluding hydrogens is 543 g/mol. The molecule has 22 heteroatoms. The monoisotopic (exact) mass is 556 g/mol. The molecule has 2 unspecified atom stereocenters. The summed E-state index contributed by atoms with van der Waals surface area (Å²) in [6, 6.07) is 0. The average molecular weight is 556 g/mol. The van der Waals surface area contributed by atoms with Crippen LogP contribution in [0.2, 0.25) is 0 Å². The van der Waals surface area contributed by atoms with Crippen LogP contribution in [0.5, 0.6) is 0 Å². The van der Waals surface area contributed by atoms with E-state index in [4.69, 9.17) is 0 Å². The molecule has 5 nitrogen and oxygen atoms in total. The van der Waals surface area contributed by atoms with Crippen molar-refractivity contribution in [3.8, 4) is 0 Å². The van der Waals surface area contributed by atoms with Gasteiger partial charge >= 0.3 is 42.6 Å². The molecule has 34 heavy (non-hydrogen) atoms. The van der Waals surface area contributed by atoms with E-state index in [1.807, 2.05) is 0 Å². The van der Waals surface area contributed by atoms with Crippen molar-refractivity contribution in [3.05, 3.63) is 0 Å². The first-order chi connectivity index (χ1) is 14.7. The van der Waals surface area contributed by atoms with Gasteiger partial charge in [0.15, 0.2) is 6.67 Å². The summed E-state index contributed by atoms with van der Waals surface area (Å²) in [5.74, 6) is -12.0. The van der Waals surface area contributed by atoms with Gasteiger partial charge in [-0.25, -0.2) is 4.39 Å². The summed E-state index contributed by atoms with van der Waals surface area (Å²) in [6.45, 7) is -5.62. The second-order valence-electron chi connectivity index (χ2n) is 5.38. The van der Waals surface area contributed by atoms with Crippen molar-refractivity contribution in [2.24, 2.45) is 0 Å². The van der Waals surface area contributed by atoms with E-state index in [1.165, 1.54) is 7.05 Å². The van der Waals surface area contributed by atoms with Crippen LogP contribution >= 0.6 is 0 Å². The van der Waals surface area contributed by atoms with Crippen molar-refractivity contribution in [3.63, 3.8) is 0 Å². The minimum Gasteiger partial charge on any atom is -0.328 e. The Kier molecular flexibility index (Phi) is 14.4. The van der Waals surface area contributed by atoms with Crippen molar-refractivity contribution in [2.45, 2.75) is 36.7 Å². The lowest BCUT2D eigenvalue weighted by Crippen LogP contribution is -2.55. The first-order valence-corrected chi connectivity index (χ1v) is 7.46. The Bertz CT molecular complexity index is 584. The van der Waals surface area contributed by atoms with E-state index in [1.54, 1.807) is 0 Å². The number of likely N-dealkylation sites (N-methyl/N-ethyl adjacent to an activating group) is 1. The number of rotatable bonds is 7. The molecule has 0 aliphatic carbocycles. The Balaban J connectivity index is -0.000000473. The highest BCUT2D eigenvalue weighted by atomic mass is 19.5. The zero-order valence-electron chi connectivity index (χ0n) is 16.2. The number of carbonyl (C=O) groups excluding carboxylic acids is 1. The van der Waals surface area contributed by atoms with E-state index in [0.717, 1.165) is 7.05 Å². The summed E-state index contributed by atoms with van der Waals surface area (Å²) in [5, 5.41) is 2.29. The minimum atomic E-state index is -5.84. The van der Waals surface area contributed by atoms with Gasteiger partial charge in [-0.1, -0.05) is 0 Å². The van der Waals surface area contributed by atoms with Gasteiger partial charge in [-0.05, 0) is 11.6 Å². The third-order valence-corrected chi connectivity index (χ3v) is 2.55. The van der Waals surface area contributed by atoms with Gasteiger partial charge < -0.3 is 15.0 Å². The smallest absolute Gasteiger partial charge is 0.328 e. The molecule has 1 N–H and O–H groups in total. The molecule has 0 aromatic carbocycles. The molecule has 0 saturated carbocycles. The van der Waals surface area contributed by atoms with E-state index >= 15 is 0 Å². The van der Waals surface area contributed by atoms with E-state index in [-0.39, 0.29) is 6.67 Å². The molecule has 0 bridgehead atoms. The topological polar surface area (TPSA) is 50.8 Å². The molecule has 0 aliphatic rings. The summed E-state index contributed by atoms with van der Waals surface area (Å²) in [7, 11) is 2.17. The number of ether oxygens (including phenoxy) is 1. The highest BCUT2D eigenvalue weighted by Gasteiger charge is 2.66. The summed E-state index contributed by atoms with van der Waals surface area (Å²) in [6.07, 6.45) is -22.3. The summed E-state index contributed by atoms with van der Waals surface area (Å²) < 4.78 is 194. The summed E-state index contributed by atoms with van der Waals surface area (Å²) >= 11 is 0. The largest absolute Gasteiger partial charge is 0.559 e. The van der Waals surface area contributed by atoms with Gasteiger partial charge in [0, 0.05) is 7.05 Å². The molecule has 0 aromatic heterocycles. The maximum absolute atomic E-state index is 12.9. The van der Waals surface area contributed by atoms with Crippen molar-refractivity contribution < 1.29 is 89.2 Å². The first-order valence-electron chi connectivity index (χ1n) is 7.46. The van der Waals surface area contributed by atoms with Gasteiger partial charge in [0.05, 0.1) is 6.67 Å². The number of hydrogen-bond acceptors (Lipinski definition) is 4. The van der Waals surface area contributed by atoms with Crippen LogP contribution in [0.4, 0.5) is 74.8 Å². The molecule has 0 heterocycles. The Labute approximate surface area is 177 Å². The highest BCUT2D eigenvalue weighted by molar-refractivity contribution is 5.84. The maximum Gasteiger partial charge on any atom is 0.559 e. The van der Waals surface area contributed by atoms with Crippen molar-refractivity contribution in [1.82, 2.24) is 10.2 Å². The average Bonchev–Trinajstić information content (AvgIpc) is 2.61. The third kappa shape index (κ3) is 14.4. The van der Waals surface area contributed by atoms with Crippen molar-refractivity contribution in [2.75, 3.05) is 34.0 Å². The molecule has 0 aromatic rings. The lowest BCUT2D eigenvalue weighted by atomic mass is 10.2. The fraction of sp³-hybridized carbons (Fsp3) is 0.917. The SMILES string of the molecule is CNCN(C)C(=O)C(F)(OF)C(F)(F)F.FC(F)(F)F.FCC(F)(OCC(F)(F)F)C(F)(F)F. The first kappa shape index (κ1) is 36.7. The predicted octanol–water partition coefficient (Wildman–Crippen LogP) is 4.99. The Morgan fingerprint density at radius 3 is 1.41 bits per heavy atom. The molecule has 208 valence electrons. The molecule has 1 amide bonds. The zero-order valence-corrected chi connectivity index (χ0v) is 16.2. The second kappa shape index (κ2) is 13.3. The Hall–Kier alpha value is -1.84. The number of carbonyl (C=O) groups is 1. The summed E-state index contributed by atoms with van der Waals surface area (Å²) in [5.41, 5.74) is 0. The quantitative estimate of drug-likeness (QED) is 0.355. The van der Waals surface area contributed by atoms with E-state index in [2.05, 4.69) is 15.0 Å². The number of nitrogens with one attached hydrogen (secondary N) is 1. The molecule has 0 spiro atoms. The third-order valence-electron chi connectivity index (χ3n) is 2.55. The normalized spacial score (nSPS) is 16.2. The van der Waals surface area contributed by atoms with Crippen LogP contribution in [0.15, 0.2) is 0 Å². The molecule has 0 saturated heterocycles. The standard InChI is InChI=1S/C6H9F5N2O2.C5H4F8O.CF4/c1-12-3-13(2)4(14)5(7,15-11)6(8,9)10;6-1-3(7,5(11,12)13)14-2-4(8,9)10;2-1(3,4)5/h12H,3H2,1-2H3;1-2H2;. The number of nitrogens with zero attached hydrogens (tertiary/aromatic N) is 1. The number of halogens is 17. The van der Waals surface area contributed by atoms with Crippen LogP contribution in [0.1, 0.15) is 0 Å². The highest BCUT2D eigenvalue weighted by Crippen LogP contribution is 2.37. The fourth-order valence-electron chi connectivity index (χ4n) is 1.14. The molecule has 2 atom stereocenters. The number of amides is 1. The molecular formula is C12H13F17N2O3. The van der Waals surface area contributed by atoms with Gasteiger partial charge in [-0.2, -0.15) is 48.3 Å². The van der Waals surface area contributed by atoms with Gasteiger partial charge in [-0.15, -0.1) is 22.5 Å². The predicted molar refractivity (Wildman–Crippen MR) is 73.8 cm³/mol. The van der Waals surface area contributed by atoms with Crippen molar-refractivity contribution >= 4 is 5.91 Å².